The Hall–Kier alpha value is -1.89. The van der Waals surface area contributed by atoms with Crippen molar-refractivity contribution in [1.29, 1.82) is 0 Å². The molecule has 2 heterocycles. The Kier molecular flexibility index (Phi) is 2.64. The molecule has 0 aromatic carbocycles. The number of anilines is 1. The van der Waals surface area contributed by atoms with Crippen molar-refractivity contribution in [3.05, 3.63) is 29.2 Å². The van der Waals surface area contributed by atoms with E-state index in [0.717, 1.165) is 0 Å². The van der Waals surface area contributed by atoms with Gasteiger partial charge in [-0.3, -0.25) is 0 Å². The van der Waals surface area contributed by atoms with Gasteiger partial charge in [0.2, 0.25) is 0 Å². The van der Waals surface area contributed by atoms with E-state index in [2.05, 4.69) is 20.0 Å². The fourth-order valence-electron chi connectivity index (χ4n) is 1.02. The minimum Gasteiger partial charge on any atom is -0.476 e. The first-order valence-corrected chi connectivity index (χ1v) is 4.95. The molecule has 0 saturated carbocycles. The maximum atomic E-state index is 10.7. The molecule has 2 aromatic rings. The average molecular weight is 225 g/mol. The van der Waals surface area contributed by atoms with Crippen LogP contribution in [0.15, 0.2) is 22.4 Å². The average Bonchev–Trinajstić information content (AvgIpc) is 2.86. The summed E-state index contributed by atoms with van der Waals surface area (Å²) in [7, 11) is 0. The van der Waals surface area contributed by atoms with Crippen LogP contribution in [-0.4, -0.2) is 21.2 Å². The molecule has 0 unspecified atom stereocenters. The first-order valence-electron chi connectivity index (χ1n) is 4.07. The molecule has 0 spiro atoms. The van der Waals surface area contributed by atoms with Gasteiger partial charge >= 0.3 is 5.97 Å². The lowest BCUT2D eigenvalue weighted by Crippen LogP contribution is -2.04. The van der Waals surface area contributed by atoms with Gasteiger partial charge in [-0.15, -0.1) is 11.3 Å². The summed E-state index contributed by atoms with van der Waals surface area (Å²) in [5, 5.41) is 15.9. The van der Waals surface area contributed by atoms with E-state index in [1.54, 1.807) is 6.07 Å². The molecule has 78 valence electrons. The van der Waals surface area contributed by atoms with Gasteiger partial charge in [0.05, 0.1) is 12.1 Å². The van der Waals surface area contributed by atoms with E-state index < -0.39 is 5.97 Å². The maximum absolute atomic E-state index is 10.7. The lowest BCUT2D eigenvalue weighted by molar-refractivity contribution is 0.0692. The van der Waals surface area contributed by atoms with Crippen LogP contribution in [0.1, 0.15) is 16.2 Å². The molecule has 7 heteroatoms. The van der Waals surface area contributed by atoms with E-state index in [9.17, 15) is 4.79 Å². The van der Waals surface area contributed by atoms with Gasteiger partial charge in [0, 0.05) is 6.07 Å². The predicted octanol–water partition coefficient (Wildman–Crippen LogP) is 1.44. The fourth-order valence-corrected chi connectivity index (χ4v) is 1.69. The van der Waals surface area contributed by atoms with Crippen LogP contribution in [0.4, 0.5) is 5.00 Å². The standard InChI is InChI=1S/C8H7N3O3S/c12-8(13)6-7(15-4-10-6)9-3-5-1-2-14-11-5/h1-2,4,9H,3H2,(H,12,13). The number of carboxylic acid groups (broad SMARTS) is 1. The second-order valence-electron chi connectivity index (χ2n) is 2.68. The smallest absolute Gasteiger partial charge is 0.357 e. The summed E-state index contributed by atoms with van der Waals surface area (Å²) in [5.74, 6) is -1.04. The monoisotopic (exact) mass is 225 g/mol. The molecule has 0 fully saturated rings. The molecular weight excluding hydrogens is 218 g/mol. The van der Waals surface area contributed by atoms with Gasteiger partial charge in [-0.25, -0.2) is 9.78 Å². The third-order valence-corrected chi connectivity index (χ3v) is 2.48. The minimum atomic E-state index is -1.04. The highest BCUT2D eigenvalue weighted by Crippen LogP contribution is 2.20. The number of nitrogens with zero attached hydrogens (tertiary/aromatic N) is 2. The number of carbonyl (C=O) groups is 1. The molecule has 6 nitrogen and oxygen atoms in total. The van der Waals surface area contributed by atoms with Crippen molar-refractivity contribution < 1.29 is 14.4 Å². The van der Waals surface area contributed by atoms with E-state index in [0.29, 0.717) is 17.2 Å². The topological polar surface area (TPSA) is 88.2 Å². The molecule has 0 atom stereocenters. The van der Waals surface area contributed by atoms with E-state index in [-0.39, 0.29) is 5.69 Å². The number of aromatic nitrogens is 2. The summed E-state index contributed by atoms with van der Waals surface area (Å²) in [6, 6.07) is 1.70. The van der Waals surface area contributed by atoms with E-state index in [1.807, 2.05) is 0 Å². The van der Waals surface area contributed by atoms with Gasteiger partial charge in [0.25, 0.3) is 0 Å². The Morgan fingerprint density at radius 2 is 2.53 bits per heavy atom. The van der Waals surface area contributed by atoms with Crippen LogP contribution in [0.5, 0.6) is 0 Å². The molecular formula is C8H7N3O3S. The second kappa shape index (κ2) is 4.09. The maximum Gasteiger partial charge on any atom is 0.357 e. The van der Waals surface area contributed by atoms with E-state index in [1.165, 1.54) is 23.1 Å². The van der Waals surface area contributed by atoms with Gasteiger partial charge in [-0.1, -0.05) is 5.16 Å². The molecule has 0 amide bonds. The van der Waals surface area contributed by atoms with Crippen molar-refractivity contribution in [2.24, 2.45) is 0 Å². The Labute approximate surface area is 88.5 Å². The number of hydrogen-bond donors (Lipinski definition) is 2. The first kappa shape index (κ1) is 9.66. The quantitative estimate of drug-likeness (QED) is 0.818. The van der Waals surface area contributed by atoms with E-state index in [4.69, 9.17) is 5.11 Å². The summed E-state index contributed by atoms with van der Waals surface area (Å²) in [6.07, 6.45) is 1.46. The van der Waals surface area contributed by atoms with Crippen molar-refractivity contribution in [3.8, 4) is 0 Å². The zero-order valence-corrected chi connectivity index (χ0v) is 8.32. The molecule has 2 aromatic heterocycles. The normalized spacial score (nSPS) is 10.1. The Balaban J connectivity index is 2.05. The number of hydrogen-bond acceptors (Lipinski definition) is 6. The number of thiazole rings is 1. The fraction of sp³-hybridized carbons (Fsp3) is 0.125. The molecule has 0 aliphatic heterocycles. The highest BCUT2D eigenvalue weighted by molar-refractivity contribution is 7.14. The predicted molar refractivity (Wildman–Crippen MR) is 52.9 cm³/mol. The van der Waals surface area contributed by atoms with Crippen molar-refractivity contribution in [2.75, 3.05) is 5.32 Å². The van der Waals surface area contributed by atoms with Crippen LogP contribution < -0.4 is 5.32 Å². The largest absolute Gasteiger partial charge is 0.476 e. The minimum absolute atomic E-state index is 0.0310. The number of carboxylic acids is 1. The van der Waals surface area contributed by atoms with Crippen LogP contribution in [0.2, 0.25) is 0 Å². The molecule has 2 N–H and O–H groups in total. The van der Waals surface area contributed by atoms with Crippen LogP contribution in [0, 0.1) is 0 Å². The zero-order chi connectivity index (χ0) is 10.7. The molecule has 2 rings (SSSR count). The van der Waals surface area contributed by atoms with Crippen LogP contribution in [0.3, 0.4) is 0 Å². The lowest BCUT2D eigenvalue weighted by Gasteiger charge is -2.00. The summed E-state index contributed by atoms with van der Waals surface area (Å²) < 4.78 is 4.64. The van der Waals surface area contributed by atoms with Crippen molar-refractivity contribution in [2.45, 2.75) is 6.54 Å². The molecule has 0 aliphatic rings. The molecule has 15 heavy (non-hydrogen) atoms. The number of nitrogens with one attached hydrogen (secondary N) is 1. The molecule has 0 bridgehead atoms. The van der Waals surface area contributed by atoms with Crippen molar-refractivity contribution in [1.82, 2.24) is 10.1 Å². The van der Waals surface area contributed by atoms with Gasteiger partial charge in [0.1, 0.15) is 17.0 Å². The Bertz CT molecular complexity index is 451. The van der Waals surface area contributed by atoms with Gasteiger partial charge in [-0.05, 0) is 0 Å². The highest BCUT2D eigenvalue weighted by atomic mass is 32.1. The first-order chi connectivity index (χ1) is 7.27. The summed E-state index contributed by atoms with van der Waals surface area (Å²) in [4.78, 5) is 14.4. The highest BCUT2D eigenvalue weighted by Gasteiger charge is 2.13. The zero-order valence-electron chi connectivity index (χ0n) is 7.51. The van der Waals surface area contributed by atoms with Gasteiger partial charge in [-0.2, -0.15) is 0 Å². The Morgan fingerprint density at radius 3 is 3.20 bits per heavy atom. The summed E-state index contributed by atoms with van der Waals surface area (Å²) in [6.45, 7) is 0.416. The molecule has 0 radical (unpaired) electrons. The summed E-state index contributed by atoms with van der Waals surface area (Å²) >= 11 is 1.24. The van der Waals surface area contributed by atoms with Crippen LogP contribution in [-0.2, 0) is 6.54 Å². The number of aromatic carboxylic acids is 1. The molecule has 0 saturated heterocycles. The van der Waals surface area contributed by atoms with Crippen LogP contribution in [0.25, 0.3) is 0 Å². The Morgan fingerprint density at radius 1 is 1.67 bits per heavy atom. The van der Waals surface area contributed by atoms with Crippen molar-refractivity contribution in [3.63, 3.8) is 0 Å². The molecule has 0 aliphatic carbocycles. The van der Waals surface area contributed by atoms with Crippen LogP contribution >= 0.6 is 11.3 Å². The summed E-state index contributed by atoms with van der Waals surface area (Å²) in [5.41, 5.74) is 2.22. The van der Waals surface area contributed by atoms with Gasteiger partial charge in [0.15, 0.2) is 5.69 Å². The SMILES string of the molecule is O=C(O)c1ncsc1NCc1ccon1. The van der Waals surface area contributed by atoms with Gasteiger partial charge < -0.3 is 14.9 Å². The third kappa shape index (κ3) is 2.13. The lowest BCUT2D eigenvalue weighted by atomic mass is 10.4. The second-order valence-corrected chi connectivity index (χ2v) is 3.53. The third-order valence-electron chi connectivity index (χ3n) is 1.69. The van der Waals surface area contributed by atoms with Crippen molar-refractivity contribution >= 4 is 22.3 Å². The van der Waals surface area contributed by atoms with E-state index >= 15 is 0 Å². The number of rotatable bonds is 4.